The second-order valence-corrected chi connectivity index (χ2v) is 3.13. The largest absolute Gasteiger partial charge is 0.324 e. The first-order chi connectivity index (χ1) is 5.90. The summed E-state index contributed by atoms with van der Waals surface area (Å²) in [5, 5.41) is 7.99. The Morgan fingerprint density at radius 2 is 2.25 bits per heavy atom. The summed E-state index contributed by atoms with van der Waals surface area (Å²) in [6, 6.07) is 0. The van der Waals surface area contributed by atoms with Crippen LogP contribution < -0.4 is 5.73 Å². The van der Waals surface area contributed by atoms with Gasteiger partial charge in [-0.15, -0.1) is 5.10 Å². The third kappa shape index (κ3) is 1.30. The summed E-state index contributed by atoms with van der Waals surface area (Å²) in [5.74, 6) is 1.23. The molecule has 1 saturated carbocycles. The number of hydrogen-bond donors (Lipinski definition) is 1. The van der Waals surface area contributed by atoms with Crippen LogP contribution in [0.15, 0.2) is 6.20 Å². The molecule has 1 aromatic heterocycles. The predicted octanol–water partition coefficient (Wildman–Crippen LogP) is 0.598. The lowest BCUT2D eigenvalue weighted by atomic mass is 9.83. The van der Waals surface area contributed by atoms with Gasteiger partial charge in [0.1, 0.15) is 0 Å². The van der Waals surface area contributed by atoms with Gasteiger partial charge in [-0.2, -0.15) is 5.10 Å². The predicted molar refractivity (Wildman–Crippen MR) is 44.3 cm³/mol. The van der Waals surface area contributed by atoms with Gasteiger partial charge in [-0.05, 0) is 12.8 Å². The van der Waals surface area contributed by atoms with Gasteiger partial charge < -0.3 is 5.73 Å². The summed E-state index contributed by atoms with van der Waals surface area (Å²) in [4.78, 5) is 4.10. The van der Waals surface area contributed by atoms with Crippen molar-refractivity contribution < 1.29 is 0 Å². The van der Waals surface area contributed by atoms with Crippen LogP contribution in [0.2, 0.25) is 0 Å². The van der Waals surface area contributed by atoms with Crippen LogP contribution in [0.1, 0.15) is 36.7 Å². The molecule has 0 aliphatic heterocycles. The quantitative estimate of drug-likeness (QED) is 0.695. The van der Waals surface area contributed by atoms with E-state index in [1.165, 1.54) is 19.3 Å². The van der Waals surface area contributed by atoms with E-state index in [9.17, 15) is 0 Å². The molecule has 4 nitrogen and oxygen atoms in total. The molecule has 4 heteroatoms. The maximum absolute atomic E-state index is 5.36. The van der Waals surface area contributed by atoms with Crippen LogP contribution >= 0.6 is 0 Å². The van der Waals surface area contributed by atoms with E-state index in [2.05, 4.69) is 15.2 Å². The minimum absolute atomic E-state index is 0.373. The lowest BCUT2D eigenvalue weighted by molar-refractivity contribution is 0.405. The molecule has 0 amide bonds. The Morgan fingerprint density at radius 1 is 1.42 bits per heavy atom. The molecular formula is C8H12N4. The first-order valence-corrected chi connectivity index (χ1v) is 4.28. The smallest absolute Gasteiger partial charge is 0.164 e. The maximum atomic E-state index is 5.36. The molecule has 2 N–H and O–H groups in total. The lowest BCUT2D eigenvalue weighted by Gasteiger charge is -2.23. The van der Waals surface area contributed by atoms with Crippen molar-refractivity contribution in [2.75, 3.05) is 0 Å². The molecule has 0 radical (unpaired) electrons. The Morgan fingerprint density at radius 3 is 2.67 bits per heavy atom. The van der Waals surface area contributed by atoms with Crippen molar-refractivity contribution in [3.8, 4) is 0 Å². The van der Waals surface area contributed by atoms with E-state index in [4.69, 9.17) is 5.73 Å². The summed E-state index contributed by atoms with van der Waals surface area (Å²) in [5.41, 5.74) is 6.38. The van der Waals surface area contributed by atoms with Crippen LogP contribution in [0.4, 0.5) is 0 Å². The molecule has 64 valence electrons. The van der Waals surface area contributed by atoms with Gasteiger partial charge in [0.25, 0.3) is 0 Å². The maximum Gasteiger partial charge on any atom is 0.164 e. The van der Waals surface area contributed by atoms with Gasteiger partial charge >= 0.3 is 0 Å². The van der Waals surface area contributed by atoms with Gasteiger partial charge in [-0.1, -0.05) is 6.42 Å². The molecule has 0 aromatic carbocycles. The van der Waals surface area contributed by atoms with E-state index in [1.807, 2.05) is 0 Å². The second-order valence-electron chi connectivity index (χ2n) is 3.13. The summed E-state index contributed by atoms with van der Waals surface area (Å²) in [7, 11) is 0. The fraction of sp³-hybridized carbons (Fsp3) is 0.625. The molecule has 0 saturated heterocycles. The fourth-order valence-corrected chi connectivity index (χ4v) is 1.29. The molecule has 1 aliphatic carbocycles. The van der Waals surface area contributed by atoms with E-state index in [1.54, 1.807) is 6.20 Å². The zero-order valence-corrected chi connectivity index (χ0v) is 6.90. The highest BCUT2D eigenvalue weighted by Crippen LogP contribution is 2.34. The van der Waals surface area contributed by atoms with E-state index in [0.717, 1.165) is 5.69 Å². The van der Waals surface area contributed by atoms with E-state index < -0.39 is 0 Å². The van der Waals surface area contributed by atoms with Crippen LogP contribution in [0.5, 0.6) is 0 Å². The van der Waals surface area contributed by atoms with Gasteiger partial charge in [0, 0.05) is 5.92 Å². The standard InChI is InChI=1S/C8H12N4/c9-4-8-10-5-7(11-12-8)6-2-1-3-6/h5-6H,1-4,9H2. The molecule has 12 heavy (non-hydrogen) atoms. The first kappa shape index (κ1) is 7.61. The van der Waals surface area contributed by atoms with E-state index >= 15 is 0 Å². The number of rotatable bonds is 2. The second kappa shape index (κ2) is 3.15. The van der Waals surface area contributed by atoms with Gasteiger partial charge in [0.2, 0.25) is 0 Å². The Bertz CT molecular complexity index is 252. The molecule has 1 heterocycles. The molecule has 0 atom stereocenters. The Balaban J connectivity index is 2.13. The average molecular weight is 164 g/mol. The topological polar surface area (TPSA) is 64.7 Å². The monoisotopic (exact) mass is 164 g/mol. The average Bonchev–Trinajstić information content (AvgIpc) is 2.03. The van der Waals surface area contributed by atoms with Gasteiger partial charge in [-0.3, -0.25) is 0 Å². The molecule has 1 aliphatic rings. The van der Waals surface area contributed by atoms with E-state index in [0.29, 0.717) is 18.3 Å². The van der Waals surface area contributed by atoms with Crippen LogP contribution in [0.3, 0.4) is 0 Å². The molecule has 1 aromatic rings. The van der Waals surface area contributed by atoms with Crippen LogP contribution in [-0.4, -0.2) is 15.2 Å². The summed E-state index contributed by atoms with van der Waals surface area (Å²) in [6.07, 6.45) is 5.58. The van der Waals surface area contributed by atoms with Gasteiger partial charge in [0.15, 0.2) is 5.82 Å². The number of aromatic nitrogens is 3. The normalized spacial score (nSPS) is 17.4. The Kier molecular flexibility index (Phi) is 1.99. The Labute approximate surface area is 71.2 Å². The van der Waals surface area contributed by atoms with Crippen LogP contribution in [0.25, 0.3) is 0 Å². The van der Waals surface area contributed by atoms with Crippen molar-refractivity contribution in [3.05, 3.63) is 17.7 Å². The highest BCUT2D eigenvalue weighted by molar-refractivity contribution is 5.05. The molecule has 0 spiro atoms. The minimum Gasteiger partial charge on any atom is -0.324 e. The highest BCUT2D eigenvalue weighted by Gasteiger charge is 2.21. The molecule has 1 fully saturated rings. The lowest BCUT2D eigenvalue weighted by Crippen LogP contribution is -2.13. The zero-order chi connectivity index (χ0) is 8.39. The number of nitrogens with two attached hydrogens (primary N) is 1. The molecule has 2 rings (SSSR count). The minimum atomic E-state index is 0.373. The number of nitrogens with zero attached hydrogens (tertiary/aromatic N) is 3. The summed E-state index contributed by atoms with van der Waals surface area (Å²) >= 11 is 0. The summed E-state index contributed by atoms with van der Waals surface area (Å²) < 4.78 is 0. The van der Waals surface area contributed by atoms with Crippen molar-refractivity contribution in [2.24, 2.45) is 5.73 Å². The highest BCUT2D eigenvalue weighted by atomic mass is 15.2. The van der Waals surface area contributed by atoms with Gasteiger partial charge in [0.05, 0.1) is 18.4 Å². The van der Waals surface area contributed by atoms with Crippen molar-refractivity contribution in [1.82, 2.24) is 15.2 Å². The van der Waals surface area contributed by atoms with Crippen LogP contribution in [0, 0.1) is 0 Å². The van der Waals surface area contributed by atoms with Crippen LogP contribution in [-0.2, 0) is 6.54 Å². The Hall–Kier alpha value is -1.03. The zero-order valence-electron chi connectivity index (χ0n) is 6.90. The molecule has 0 bridgehead atoms. The summed E-state index contributed by atoms with van der Waals surface area (Å²) in [6.45, 7) is 0.373. The van der Waals surface area contributed by atoms with Crippen molar-refractivity contribution in [3.63, 3.8) is 0 Å². The molecule has 0 unspecified atom stereocenters. The number of hydrogen-bond acceptors (Lipinski definition) is 4. The molecular weight excluding hydrogens is 152 g/mol. The third-order valence-electron chi connectivity index (χ3n) is 2.33. The van der Waals surface area contributed by atoms with Crippen molar-refractivity contribution in [2.45, 2.75) is 31.7 Å². The van der Waals surface area contributed by atoms with E-state index in [-0.39, 0.29) is 0 Å². The van der Waals surface area contributed by atoms with Gasteiger partial charge in [-0.25, -0.2) is 4.98 Å². The first-order valence-electron chi connectivity index (χ1n) is 4.28. The van der Waals surface area contributed by atoms with Crippen molar-refractivity contribution >= 4 is 0 Å². The fourth-order valence-electron chi connectivity index (χ4n) is 1.29. The third-order valence-corrected chi connectivity index (χ3v) is 2.33. The SMILES string of the molecule is NCc1ncc(C2CCC2)nn1. The van der Waals surface area contributed by atoms with Crippen molar-refractivity contribution in [1.29, 1.82) is 0 Å².